The largest absolute Gasteiger partial charge is 0.362 e. The van der Waals surface area contributed by atoms with Crippen LogP contribution in [0.4, 0.5) is 10.5 Å². The first-order valence-electron chi connectivity index (χ1n) is 5.32. The maximum absolute atomic E-state index is 11.2. The molecule has 1 aliphatic heterocycles. The predicted molar refractivity (Wildman–Crippen MR) is 64.3 cm³/mol. The summed E-state index contributed by atoms with van der Waals surface area (Å²) in [5.41, 5.74) is 0.959. The highest BCUT2D eigenvalue weighted by Crippen LogP contribution is 2.04. The molecule has 1 aromatic carbocycles. The van der Waals surface area contributed by atoms with Gasteiger partial charge < -0.3 is 10.6 Å². The minimum Gasteiger partial charge on any atom is -0.362 e. The first kappa shape index (κ1) is 11.2. The highest BCUT2D eigenvalue weighted by atomic mass is 16.2. The second-order valence-corrected chi connectivity index (χ2v) is 3.58. The van der Waals surface area contributed by atoms with E-state index in [1.54, 1.807) is 12.3 Å². The lowest BCUT2D eigenvalue weighted by molar-refractivity contribution is -0.124. The lowest BCUT2D eigenvalue weighted by Gasteiger charge is -2.08. The molecule has 88 valence electrons. The summed E-state index contributed by atoms with van der Waals surface area (Å²) in [5.74, 6) is -0.195. The number of hydrogen-bond acceptors (Lipinski definition) is 3. The zero-order valence-electron chi connectivity index (χ0n) is 9.22. The zero-order chi connectivity index (χ0) is 12.1. The highest BCUT2D eigenvalue weighted by molar-refractivity contribution is 6.02. The minimum atomic E-state index is -0.334. The van der Waals surface area contributed by atoms with E-state index in [2.05, 4.69) is 10.6 Å². The molecule has 0 bridgehead atoms. The Kier molecular flexibility index (Phi) is 3.40. The highest BCUT2D eigenvalue weighted by Gasteiger charge is 2.26. The molecule has 1 heterocycles. The summed E-state index contributed by atoms with van der Waals surface area (Å²) in [6, 6.07) is 9.30. The van der Waals surface area contributed by atoms with Gasteiger partial charge in [0.1, 0.15) is 0 Å². The molecule has 2 rings (SSSR count). The number of nitrogens with zero attached hydrogens (tertiary/aromatic N) is 1. The number of rotatable bonds is 4. The van der Waals surface area contributed by atoms with Crippen LogP contribution >= 0.6 is 0 Å². The number of para-hydroxylation sites is 1. The van der Waals surface area contributed by atoms with Crippen molar-refractivity contribution in [2.45, 2.75) is 0 Å². The van der Waals surface area contributed by atoms with Gasteiger partial charge in [-0.25, -0.2) is 4.79 Å². The van der Waals surface area contributed by atoms with Crippen LogP contribution in [-0.4, -0.2) is 29.9 Å². The van der Waals surface area contributed by atoms with Crippen molar-refractivity contribution in [2.75, 3.05) is 18.4 Å². The number of carbonyl (C=O) groups is 2. The average Bonchev–Trinajstić information content (AvgIpc) is 2.67. The van der Waals surface area contributed by atoms with E-state index in [9.17, 15) is 9.59 Å². The van der Waals surface area contributed by atoms with Crippen molar-refractivity contribution >= 4 is 17.6 Å². The van der Waals surface area contributed by atoms with E-state index in [-0.39, 0.29) is 25.0 Å². The number of hydrogen-bond donors (Lipinski definition) is 2. The lowest BCUT2D eigenvalue weighted by atomic mass is 10.3. The van der Waals surface area contributed by atoms with Gasteiger partial charge in [0.05, 0.1) is 13.1 Å². The molecule has 17 heavy (non-hydrogen) atoms. The SMILES string of the molecule is O=C1CNC(=O)N1CC=CNc1ccccc1. The molecule has 3 amide bonds. The van der Waals surface area contributed by atoms with Crippen LogP contribution in [0.1, 0.15) is 0 Å². The number of anilines is 1. The van der Waals surface area contributed by atoms with Crippen molar-refractivity contribution < 1.29 is 9.59 Å². The summed E-state index contributed by atoms with van der Waals surface area (Å²) >= 11 is 0. The smallest absolute Gasteiger partial charge is 0.324 e. The van der Waals surface area contributed by atoms with Gasteiger partial charge in [-0.3, -0.25) is 9.69 Å². The number of nitrogens with one attached hydrogen (secondary N) is 2. The fourth-order valence-electron chi connectivity index (χ4n) is 1.49. The molecule has 1 saturated heterocycles. The number of benzene rings is 1. The van der Waals surface area contributed by atoms with Gasteiger partial charge in [-0.1, -0.05) is 18.2 Å². The second-order valence-electron chi connectivity index (χ2n) is 3.58. The van der Waals surface area contributed by atoms with Gasteiger partial charge in [0.25, 0.3) is 0 Å². The average molecular weight is 231 g/mol. The Hall–Kier alpha value is -2.30. The molecule has 2 N–H and O–H groups in total. The van der Waals surface area contributed by atoms with Gasteiger partial charge in [0.2, 0.25) is 5.91 Å². The summed E-state index contributed by atoms with van der Waals surface area (Å²) in [6.07, 6.45) is 3.45. The van der Waals surface area contributed by atoms with Gasteiger partial charge in [-0.15, -0.1) is 0 Å². The van der Waals surface area contributed by atoms with E-state index in [1.165, 1.54) is 4.90 Å². The first-order valence-corrected chi connectivity index (χ1v) is 5.32. The van der Waals surface area contributed by atoms with Crippen molar-refractivity contribution in [3.63, 3.8) is 0 Å². The molecule has 0 aliphatic carbocycles. The standard InChI is InChI=1S/C12H13N3O2/c16-11-9-14-12(17)15(11)8-4-7-13-10-5-2-1-3-6-10/h1-7,13H,8-9H2,(H,14,17). The zero-order valence-corrected chi connectivity index (χ0v) is 9.22. The first-order chi connectivity index (χ1) is 8.27. The Balaban J connectivity index is 1.82. The van der Waals surface area contributed by atoms with Crippen molar-refractivity contribution in [1.29, 1.82) is 0 Å². The third-order valence-corrected chi connectivity index (χ3v) is 2.37. The molecular weight excluding hydrogens is 218 g/mol. The van der Waals surface area contributed by atoms with Crippen LogP contribution in [0.3, 0.4) is 0 Å². The quantitative estimate of drug-likeness (QED) is 0.764. The molecule has 5 heteroatoms. The van der Waals surface area contributed by atoms with E-state index in [0.29, 0.717) is 0 Å². The summed E-state index contributed by atoms with van der Waals surface area (Å²) in [7, 11) is 0. The number of imide groups is 1. The predicted octanol–water partition coefficient (Wildman–Crippen LogP) is 1.16. The molecule has 1 aromatic rings. The topological polar surface area (TPSA) is 61.4 Å². The third-order valence-electron chi connectivity index (χ3n) is 2.37. The van der Waals surface area contributed by atoms with Gasteiger partial charge in [-0.2, -0.15) is 0 Å². The van der Waals surface area contributed by atoms with Crippen LogP contribution in [0.2, 0.25) is 0 Å². The van der Waals surface area contributed by atoms with Crippen LogP contribution in [-0.2, 0) is 4.79 Å². The molecule has 0 aromatic heterocycles. The Labute approximate surface area is 99.1 Å². The summed E-state index contributed by atoms with van der Waals surface area (Å²) in [5, 5.41) is 5.51. The Bertz CT molecular complexity index is 426. The van der Waals surface area contributed by atoms with Crippen molar-refractivity contribution in [3.8, 4) is 0 Å². The Morgan fingerprint density at radius 2 is 2.06 bits per heavy atom. The molecule has 0 unspecified atom stereocenters. The normalized spacial score (nSPS) is 15.4. The second kappa shape index (κ2) is 5.16. The summed E-state index contributed by atoms with van der Waals surface area (Å²) in [6.45, 7) is 0.378. The van der Waals surface area contributed by atoms with Crippen LogP contribution in [0.5, 0.6) is 0 Å². The Morgan fingerprint density at radius 3 is 2.71 bits per heavy atom. The molecule has 0 atom stereocenters. The molecule has 0 spiro atoms. The molecule has 0 radical (unpaired) electrons. The molecular formula is C12H13N3O2. The number of amides is 3. The van der Waals surface area contributed by atoms with Gasteiger partial charge in [0.15, 0.2) is 0 Å². The van der Waals surface area contributed by atoms with E-state index in [1.807, 2.05) is 30.3 Å². The van der Waals surface area contributed by atoms with Crippen LogP contribution in [0.15, 0.2) is 42.6 Å². The van der Waals surface area contributed by atoms with Gasteiger partial charge >= 0.3 is 6.03 Å². The van der Waals surface area contributed by atoms with Crippen molar-refractivity contribution in [3.05, 3.63) is 42.6 Å². The van der Waals surface area contributed by atoms with Crippen molar-refractivity contribution in [2.24, 2.45) is 0 Å². The molecule has 1 fully saturated rings. The van der Waals surface area contributed by atoms with E-state index in [0.717, 1.165) is 5.69 Å². The van der Waals surface area contributed by atoms with Crippen LogP contribution in [0, 0.1) is 0 Å². The fourth-order valence-corrected chi connectivity index (χ4v) is 1.49. The monoisotopic (exact) mass is 231 g/mol. The van der Waals surface area contributed by atoms with Crippen LogP contribution in [0.25, 0.3) is 0 Å². The number of carbonyl (C=O) groups excluding carboxylic acids is 2. The van der Waals surface area contributed by atoms with Gasteiger partial charge in [-0.05, 0) is 24.4 Å². The third kappa shape index (κ3) is 2.84. The molecule has 5 nitrogen and oxygen atoms in total. The molecule has 0 saturated carbocycles. The summed E-state index contributed by atoms with van der Waals surface area (Å²) < 4.78 is 0. The molecule has 1 aliphatic rings. The van der Waals surface area contributed by atoms with E-state index >= 15 is 0 Å². The number of urea groups is 1. The maximum Gasteiger partial charge on any atom is 0.324 e. The Morgan fingerprint density at radius 1 is 1.29 bits per heavy atom. The minimum absolute atomic E-state index is 0.0960. The maximum atomic E-state index is 11.2. The fraction of sp³-hybridized carbons (Fsp3) is 0.167. The van der Waals surface area contributed by atoms with Crippen molar-refractivity contribution in [1.82, 2.24) is 10.2 Å². The van der Waals surface area contributed by atoms with E-state index < -0.39 is 0 Å². The van der Waals surface area contributed by atoms with Crippen LogP contribution < -0.4 is 10.6 Å². The lowest BCUT2D eigenvalue weighted by Crippen LogP contribution is -2.31. The summed E-state index contributed by atoms with van der Waals surface area (Å²) in [4.78, 5) is 23.6. The van der Waals surface area contributed by atoms with E-state index in [4.69, 9.17) is 0 Å². The van der Waals surface area contributed by atoms with Gasteiger partial charge in [0, 0.05) is 5.69 Å².